The van der Waals surface area contributed by atoms with Crippen molar-refractivity contribution in [2.24, 2.45) is 17.1 Å². The predicted molar refractivity (Wildman–Crippen MR) is 78.6 cm³/mol. The van der Waals surface area contributed by atoms with E-state index >= 15 is 0 Å². The summed E-state index contributed by atoms with van der Waals surface area (Å²) in [5.41, 5.74) is 6.88. The molecule has 2 aliphatic rings. The van der Waals surface area contributed by atoms with Crippen LogP contribution in [0.5, 0.6) is 0 Å². The van der Waals surface area contributed by atoms with Crippen molar-refractivity contribution >= 4 is 0 Å². The zero-order valence-corrected chi connectivity index (χ0v) is 12.6. The first-order valence-corrected chi connectivity index (χ1v) is 8.01. The second-order valence-corrected chi connectivity index (χ2v) is 7.36. The van der Waals surface area contributed by atoms with Crippen LogP contribution < -0.4 is 5.73 Å². The van der Waals surface area contributed by atoms with Gasteiger partial charge in [-0.15, -0.1) is 0 Å². The minimum absolute atomic E-state index is 0.438. The van der Waals surface area contributed by atoms with E-state index in [2.05, 4.69) is 25.7 Å². The summed E-state index contributed by atoms with van der Waals surface area (Å²) in [5.74, 6) is 0.717. The summed E-state index contributed by atoms with van der Waals surface area (Å²) >= 11 is 0. The summed E-state index contributed by atoms with van der Waals surface area (Å²) in [6.07, 6.45) is 9.54. The highest BCUT2D eigenvalue weighted by Gasteiger charge is 2.35. The first-order chi connectivity index (χ1) is 8.52. The van der Waals surface area contributed by atoms with E-state index in [1.165, 1.54) is 58.0 Å². The van der Waals surface area contributed by atoms with Gasteiger partial charge in [0.05, 0.1) is 0 Å². The van der Waals surface area contributed by atoms with Crippen molar-refractivity contribution in [1.82, 2.24) is 4.90 Å². The Morgan fingerprint density at radius 2 is 1.83 bits per heavy atom. The van der Waals surface area contributed by atoms with E-state index < -0.39 is 0 Å². The predicted octanol–water partition coefficient (Wildman–Crippen LogP) is 3.40. The lowest BCUT2D eigenvalue weighted by Crippen LogP contribution is -2.47. The molecule has 0 aromatic heterocycles. The Morgan fingerprint density at radius 1 is 1.17 bits per heavy atom. The van der Waals surface area contributed by atoms with Gasteiger partial charge >= 0.3 is 0 Å². The van der Waals surface area contributed by atoms with E-state index in [9.17, 15) is 0 Å². The molecule has 2 fully saturated rings. The molecular formula is C16H32N2. The van der Waals surface area contributed by atoms with Crippen LogP contribution in [0.3, 0.4) is 0 Å². The van der Waals surface area contributed by atoms with Crippen molar-refractivity contribution in [2.45, 2.75) is 77.8 Å². The molecular weight excluding hydrogens is 220 g/mol. The zero-order chi connectivity index (χ0) is 13.2. The third kappa shape index (κ3) is 3.48. The maximum atomic E-state index is 6.38. The molecule has 0 amide bonds. The van der Waals surface area contributed by atoms with Crippen molar-refractivity contribution < 1.29 is 0 Å². The fourth-order valence-corrected chi connectivity index (χ4v) is 4.06. The molecule has 0 aromatic carbocycles. The van der Waals surface area contributed by atoms with Gasteiger partial charge in [0.1, 0.15) is 0 Å². The number of hydrogen-bond acceptors (Lipinski definition) is 2. The van der Waals surface area contributed by atoms with Gasteiger partial charge in [-0.05, 0) is 50.0 Å². The molecule has 0 aliphatic heterocycles. The highest BCUT2D eigenvalue weighted by atomic mass is 15.2. The smallest absolute Gasteiger partial charge is 0.00952 e. The normalized spacial score (nSPS) is 33.2. The number of rotatable bonds is 4. The van der Waals surface area contributed by atoms with Crippen LogP contribution in [0.4, 0.5) is 0 Å². The molecule has 2 nitrogen and oxygen atoms in total. The Balaban J connectivity index is 1.92. The van der Waals surface area contributed by atoms with E-state index in [1.54, 1.807) is 0 Å². The highest BCUT2D eigenvalue weighted by molar-refractivity contribution is 4.90. The van der Waals surface area contributed by atoms with Crippen LogP contribution in [-0.4, -0.2) is 30.1 Å². The lowest BCUT2D eigenvalue weighted by Gasteiger charge is -2.42. The highest BCUT2D eigenvalue weighted by Crippen LogP contribution is 2.39. The molecule has 2 atom stereocenters. The Labute approximate surface area is 113 Å². The molecule has 106 valence electrons. The molecule has 0 spiro atoms. The minimum Gasteiger partial charge on any atom is -0.327 e. The van der Waals surface area contributed by atoms with Gasteiger partial charge in [0, 0.05) is 18.6 Å². The quantitative estimate of drug-likeness (QED) is 0.831. The standard InChI is InChI=1S/C16H32N2/c1-4-18(14-7-5-6-8-14)12-13-11-16(2,3)10-9-15(13)17/h13-15H,4-12,17H2,1-3H3. The van der Waals surface area contributed by atoms with E-state index in [4.69, 9.17) is 5.73 Å². The van der Waals surface area contributed by atoms with Gasteiger partial charge in [-0.2, -0.15) is 0 Å². The van der Waals surface area contributed by atoms with Gasteiger partial charge in [-0.1, -0.05) is 33.6 Å². The van der Waals surface area contributed by atoms with Gasteiger partial charge in [0.25, 0.3) is 0 Å². The van der Waals surface area contributed by atoms with Crippen molar-refractivity contribution in [3.8, 4) is 0 Å². The summed E-state index contributed by atoms with van der Waals surface area (Å²) in [6.45, 7) is 9.59. The average molecular weight is 252 g/mol. The van der Waals surface area contributed by atoms with E-state index in [0.29, 0.717) is 17.4 Å². The molecule has 0 heterocycles. The van der Waals surface area contributed by atoms with Crippen LogP contribution in [-0.2, 0) is 0 Å². The Kier molecular flexibility index (Phi) is 4.71. The number of nitrogens with zero attached hydrogens (tertiary/aromatic N) is 1. The van der Waals surface area contributed by atoms with Crippen LogP contribution in [0.15, 0.2) is 0 Å². The van der Waals surface area contributed by atoms with Gasteiger partial charge in [-0.25, -0.2) is 0 Å². The summed E-state index contributed by atoms with van der Waals surface area (Å²) in [5, 5.41) is 0. The molecule has 2 N–H and O–H groups in total. The molecule has 2 rings (SSSR count). The summed E-state index contributed by atoms with van der Waals surface area (Å²) in [6, 6.07) is 1.29. The SMILES string of the molecule is CCN(CC1CC(C)(C)CCC1N)C1CCCC1. The van der Waals surface area contributed by atoms with Crippen LogP contribution in [0.25, 0.3) is 0 Å². The van der Waals surface area contributed by atoms with Crippen LogP contribution in [0, 0.1) is 11.3 Å². The lowest BCUT2D eigenvalue weighted by molar-refractivity contribution is 0.0968. The largest absolute Gasteiger partial charge is 0.327 e. The van der Waals surface area contributed by atoms with Crippen LogP contribution >= 0.6 is 0 Å². The van der Waals surface area contributed by atoms with Gasteiger partial charge in [0.15, 0.2) is 0 Å². The third-order valence-corrected chi connectivity index (χ3v) is 5.29. The fourth-order valence-electron chi connectivity index (χ4n) is 4.06. The fraction of sp³-hybridized carbons (Fsp3) is 1.00. The zero-order valence-electron chi connectivity index (χ0n) is 12.6. The van der Waals surface area contributed by atoms with Crippen molar-refractivity contribution in [2.75, 3.05) is 13.1 Å². The first kappa shape index (κ1) is 14.3. The molecule has 2 aliphatic carbocycles. The topological polar surface area (TPSA) is 29.3 Å². The molecule has 18 heavy (non-hydrogen) atoms. The molecule has 2 unspecified atom stereocenters. The maximum absolute atomic E-state index is 6.38. The van der Waals surface area contributed by atoms with Crippen molar-refractivity contribution in [1.29, 1.82) is 0 Å². The Hall–Kier alpha value is -0.0800. The van der Waals surface area contributed by atoms with E-state index in [1.807, 2.05) is 0 Å². The second-order valence-electron chi connectivity index (χ2n) is 7.36. The molecule has 0 saturated heterocycles. The van der Waals surface area contributed by atoms with E-state index in [0.717, 1.165) is 6.04 Å². The number of nitrogens with two attached hydrogens (primary N) is 1. The Morgan fingerprint density at radius 3 is 2.44 bits per heavy atom. The molecule has 2 saturated carbocycles. The first-order valence-electron chi connectivity index (χ1n) is 8.01. The van der Waals surface area contributed by atoms with Gasteiger partial charge < -0.3 is 10.6 Å². The van der Waals surface area contributed by atoms with Crippen LogP contribution in [0.1, 0.15) is 65.7 Å². The average Bonchev–Trinajstić information content (AvgIpc) is 2.83. The maximum Gasteiger partial charge on any atom is 0.00952 e. The van der Waals surface area contributed by atoms with E-state index in [-0.39, 0.29) is 0 Å². The van der Waals surface area contributed by atoms with Crippen molar-refractivity contribution in [3.63, 3.8) is 0 Å². The summed E-state index contributed by atoms with van der Waals surface area (Å²) in [7, 11) is 0. The molecule has 0 aromatic rings. The van der Waals surface area contributed by atoms with Crippen molar-refractivity contribution in [3.05, 3.63) is 0 Å². The molecule has 0 bridgehead atoms. The summed E-state index contributed by atoms with van der Waals surface area (Å²) < 4.78 is 0. The lowest BCUT2D eigenvalue weighted by atomic mass is 9.70. The number of hydrogen-bond donors (Lipinski definition) is 1. The van der Waals surface area contributed by atoms with Gasteiger partial charge in [0.2, 0.25) is 0 Å². The van der Waals surface area contributed by atoms with Gasteiger partial charge in [-0.3, -0.25) is 0 Å². The minimum atomic E-state index is 0.438. The Bertz CT molecular complexity index is 256. The third-order valence-electron chi connectivity index (χ3n) is 5.29. The monoisotopic (exact) mass is 252 g/mol. The molecule has 2 heteroatoms. The molecule has 0 radical (unpaired) electrons. The van der Waals surface area contributed by atoms with Crippen LogP contribution in [0.2, 0.25) is 0 Å². The summed E-state index contributed by atoms with van der Waals surface area (Å²) in [4.78, 5) is 2.72. The second kappa shape index (κ2) is 5.92.